The lowest BCUT2D eigenvalue weighted by atomic mass is 9.85. The summed E-state index contributed by atoms with van der Waals surface area (Å²) in [5.74, 6) is 0.100. The van der Waals surface area contributed by atoms with Crippen molar-refractivity contribution >= 4 is 24.2 Å². The lowest BCUT2D eigenvalue weighted by molar-refractivity contribution is -0.134. The zero-order valence-corrected chi connectivity index (χ0v) is 15.0. The first-order chi connectivity index (χ1) is 11.5. The van der Waals surface area contributed by atoms with Gasteiger partial charge >= 0.3 is 0 Å². The van der Waals surface area contributed by atoms with Gasteiger partial charge in [0.15, 0.2) is 0 Å². The first-order valence-corrected chi connectivity index (χ1v) is 8.61. The smallest absolute Gasteiger partial charge is 0.224 e. The van der Waals surface area contributed by atoms with Gasteiger partial charge in [-0.15, -0.1) is 12.4 Å². The highest BCUT2D eigenvalue weighted by Gasteiger charge is 2.30. The third-order valence-corrected chi connectivity index (χ3v) is 5.08. The molecule has 2 fully saturated rings. The van der Waals surface area contributed by atoms with Crippen molar-refractivity contribution in [2.24, 2.45) is 5.73 Å². The summed E-state index contributed by atoms with van der Waals surface area (Å²) in [5, 5.41) is 0. The van der Waals surface area contributed by atoms with E-state index in [0.29, 0.717) is 32.5 Å². The molecule has 0 saturated carbocycles. The van der Waals surface area contributed by atoms with E-state index in [9.17, 15) is 14.0 Å². The summed E-state index contributed by atoms with van der Waals surface area (Å²) in [7, 11) is 0. The SMILES string of the molecule is Cl.N[C@@H]1CN(C(=O)CCN2CCCC2=O)CC[C@H]1c1ccc(F)cc1. The van der Waals surface area contributed by atoms with E-state index in [0.717, 1.165) is 24.9 Å². The predicted octanol–water partition coefficient (Wildman–Crippen LogP) is 1.90. The van der Waals surface area contributed by atoms with Crippen LogP contribution >= 0.6 is 12.4 Å². The molecule has 25 heavy (non-hydrogen) atoms. The van der Waals surface area contributed by atoms with Crippen molar-refractivity contribution in [1.82, 2.24) is 9.80 Å². The number of rotatable bonds is 4. The second-order valence-corrected chi connectivity index (χ2v) is 6.68. The van der Waals surface area contributed by atoms with Crippen LogP contribution in [0.4, 0.5) is 4.39 Å². The molecule has 0 aliphatic carbocycles. The molecule has 2 atom stereocenters. The second-order valence-electron chi connectivity index (χ2n) is 6.68. The van der Waals surface area contributed by atoms with Crippen LogP contribution in [0.2, 0.25) is 0 Å². The quantitative estimate of drug-likeness (QED) is 0.881. The van der Waals surface area contributed by atoms with Gasteiger partial charge in [-0.2, -0.15) is 0 Å². The summed E-state index contributed by atoms with van der Waals surface area (Å²) < 4.78 is 13.0. The van der Waals surface area contributed by atoms with Gasteiger partial charge in [-0.25, -0.2) is 4.39 Å². The minimum atomic E-state index is -0.253. The molecule has 2 amide bonds. The molecule has 138 valence electrons. The van der Waals surface area contributed by atoms with E-state index in [-0.39, 0.29) is 42.0 Å². The van der Waals surface area contributed by atoms with Crippen molar-refractivity contribution < 1.29 is 14.0 Å². The normalized spacial score (nSPS) is 23.5. The van der Waals surface area contributed by atoms with Crippen LogP contribution in [-0.2, 0) is 9.59 Å². The zero-order valence-electron chi connectivity index (χ0n) is 14.2. The van der Waals surface area contributed by atoms with Gasteiger partial charge in [0.05, 0.1) is 0 Å². The maximum atomic E-state index is 13.0. The average Bonchev–Trinajstić information content (AvgIpc) is 2.98. The van der Waals surface area contributed by atoms with Crippen LogP contribution in [0.3, 0.4) is 0 Å². The van der Waals surface area contributed by atoms with Crippen LogP contribution in [0.5, 0.6) is 0 Å². The Hall–Kier alpha value is -1.66. The van der Waals surface area contributed by atoms with Gasteiger partial charge in [0.25, 0.3) is 0 Å². The molecule has 1 aromatic rings. The molecule has 2 aliphatic rings. The van der Waals surface area contributed by atoms with Crippen molar-refractivity contribution in [3.8, 4) is 0 Å². The van der Waals surface area contributed by atoms with Crippen LogP contribution in [0, 0.1) is 5.82 Å². The van der Waals surface area contributed by atoms with Crippen LogP contribution in [0.25, 0.3) is 0 Å². The largest absolute Gasteiger partial charge is 0.342 e. The molecule has 1 aromatic carbocycles. The Morgan fingerprint density at radius 1 is 1.24 bits per heavy atom. The Bertz CT molecular complexity index is 611. The number of piperidine rings is 1. The third-order valence-electron chi connectivity index (χ3n) is 5.08. The van der Waals surface area contributed by atoms with Crippen molar-refractivity contribution in [1.29, 1.82) is 0 Å². The number of carbonyl (C=O) groups excluding carboxylic acids is 2. The van der Waals surface area contributed by atoms with Gasteiger partial charge in [-0.3, -0.25) is 9.59 Å². The molecular weight excluding hydrogens is 345 g/mol. The maximum Gasteiger partial charge on any atom is 0.224 e. The highest BCUT2D eigenvalue weighted by Crippen LogP contribution is 2.27. The Morgan fingerprint density at radius 2 is 1.96 bits per heavy atom. The van der Waals surface area contributed by atoms with Crippen LogP contribution in [0.1, 0.15) is 37.2 Å². The topological polar surface area (TPSA) is 66.6 Å². The van der Waals surface area contributed by atoms with E-state index in [4.69, 9.17) is 5.73 Å². The van der Waals surface area contributed by atoms with Crippen molar-refractivity contribution in [2.75, 3.05) is 26.2 Å². The number of amides is 2. The minimum absolute atomic E-state index is 0. The molecule has 2 aliphatic heterocycles. The van der Waals surface area contributed by atoms with E-state index in [1.807, 2.05) is 0 Å². The maximum absolute atomic E-state index is 13.0. The Kier molecular flexibility index (Phi) is 6.79. The number of nitrogens with zero attached hydrogens (tertiary/aromatic N) is 2. The standard InChI is InChI=1S/C18H24FN3O2.ClH/c19-14-5-3-13(4-6-14)15-7-10-22(12-16(15)20)18(24)8-11-21-9-1-2-17(21)23;/h3-6,15-16H,1-2,7-12,20H2;1H/t15-,16+;/m0./s1. The van der Waals surface area contributed by atoms with Crippen LogP contribution in [-0.4, -0.2) is 53.8 Å². The fourth-order valence-corrected chi connectivity index (χ4v) is 3.66. The van der Waals surface area contributed by atoms with Gasteiger partial charge in [0, 0.05) is 51.0 Å². The number of benzene rings is 1. The Labute approximate surface area is 153 Å². The summed E-state index contributed by atoms with van der Waals surface area (Å²) in [5.41, 5.74) is 7.29. The lowest BCUT2D eigenvalue weighted by Crippen LogP contribution is -2.50. The average molecular weight is 370 g/mol. The van der Waals surface area contributed by atoms with E-state index < -0.39 is 0 Å². The van der Waals surface area contributed by atoms with Crippen LogP contribution in [0.15, 0.2) is 24.3 Å². The van der Waals surface area contributed by atoms with E-state index in [2.05, 4.69) is 0 Å². The van der Waals surface area contributed by atoms with Crippen LogP contribution < -0.4 is 5.73 Å². The first-order valence-electron chi connectivity index (χ1n) is 8.61. The fourth-order valence-electron chi connectivity index (χ4n) is 3.66. The van der Waals surface area contributed by atoms with E-state index >= 15 is 0 Å². The van der Waals surface area contributed by atoms with E-state index in [1.165, 1.54) is 12.1 Å². The van der Waals surface area contributed by atoms with Gasteiger partial charge in [-0.1, -0.05) is 12.1 Å². The summed E-state index contributed by atoms with van der Waals surface area (Å²) in [6.07, 6.45) is 2.63. The molecule has 7 heteroatoms. The summed E-state index contributed by atoms with van der Waals surface area (Å²) in [4.78, 5) is 27.5. The fraction of sp³-hybridized carbons (Fsp3) is 0.556. The molecule has 0 unspecified atom stereocenters. The van der Waals surface area contributed by atoms with Gasteiger partial charge in [0.1, 0.15) is 5.82 Å². The second kappa shape index (κ2) is 8.63. The van der Waals surface area contributed by atoms with Gasteiger partial charge in [-0.05, 0) is 30.5 Å². The number of carbonyl (C=O) groups is 2. The summed E-state index contributed by atoms with van der Waals surface area (Å²) in [6, 6.07) is 6.30. The third kappa shape index (κ3) is 4.70. The molecule has 0 aromatic heterocycles. The number of nitrogens with two attached hydrogens (primary N) is 1. The predicted molar refractivity (Wildman–Crippen MR) is 96.0 cm³/mol. The highest BCUT2D eigenvalue weighted by molar-refractivity contribution is 5.85. The van der Waals surface area contributed by atoms with Gasteiger partial charge < -0.3 is 15.5 Å². The van der Waals surface area contributed by atoms with Crippen molar-refractivity contribution in [3.05, 3.63) is 35.6 Å². The zero-order chi connectivity index (χ0) is 17.1. The summed E-state index contributed by atoms with van der Waals surface area (Å²) in [6.45, 7) is 2.43. The molecule has 5 nitrogen and oxygen atoms in total. The monoisotopic (exact) mass is 369 g/mol. The molecule has 2 N–H and O–H groups in total. The number of hydrogen-bond donors (Lipinski definition) is 1. The summed E-state index contributed by atoms with van der Waals surface area (Å²) >= 11 is 0. The number of likely N-dealkylation sites (tertiary alicyclic amines) is 2. The molecular formula is C18H25ClFN3O2. The van der Waals surface area contributed by atoms with Crippen molar-refractivity contribution in [2.45, 2.75) is 37.6 Å². The first kappa shape index (κ1) is 19.7. The van der Waals surface area contributed by atoms with Crippen molar-refractivity contribution in [3.63, 3.8) is 0 Å². The Balaban J connectivity index is 0.00000225. The van der Waals surface area contributed by atoms with E-state index in [1.54, 1.807) is 21.9 Å². The molecule has 2 heterocycles. The van der Waals surface area contributed by atoms with Gasteiger partial charge in [0.2, 0.25) is 11.8 Å². The Morgan fingerprint density at radius 3 is 2.56 bits per heavy atom. The number of hydrogen-bond acceptors (Lipinski definition) is 3. The number of halogens is 2. The highest BCUT2D eigenvalue weighted by atomic mass is 35.5. The minimum Gasteiger partial charge on any atom is -0.342 e. The molecule has 0 radical (unpaired) electrons. The lowest BCUT2D eigenvalue weighted by Gasteiger charge is -2.37. The molecule has 0 bridgehead atoms. The molecule has 0 spiro atoms. The molecule has 3 rings (SSSR count). The molecule has 2 saturated heterocycles.